The van der Waals surface area contributed by atoms with Crippen LogP contribution in [-0.2, 0) is 20.7 Å². The first-order chi connectivity index (χ1) is 15.1. The molecule has 8 nitrogen and oxygen atoms in total. The van der Waals surface area contributed by atoms with Gasteiger partial charge in [0.1, 0.15) is 17.3 Å². The molecular weight excluding hydrogens is 525 g/mol. The molecule has 1 aliphatic heterocycles. The lowest BCUT2D eigenvalue weighted by Crippen LogP contribution is -2.47. The second-order valence-corrected chi connectivity index (χ2v) is 9.52. The van der Waals surface area contributed by atoms with Crippen molar-refractivity contribution >= 4 is 46.2 Å². The van der Waals surface area contributed by atoms with Gasteiger partial charge in [0.15, 0.2) is 0 Å². The number of aromatic nitrogens is 1. The standard InChI is InChI=1S/C23H26IN3O5/c1-5-31-21(29)18-11-10-16-17(26-18)12-13-27(22(30)32-23(2,3)4)19(16)20(28)25-15-8-6-14(24)7-9-15/h6-11,19H,5,12-13H2,1-4H3,(H,25,28). The van der Waals surface area contributed by atoms with Crippen molar-refractivity contribution < 1.29 is 23.9 Å². The van der Waals surface area contributed by atoms with Crippen molar-refractivity contribution in [3.8, 4) is 0 Å². The number of anilines is 1. The maximum absolute atomic E-state index is 13.3. The van der Waals surface area contributed by atoms with Crippen molar-refractivity contribution in [3.05, 3.63) is 56.9 Å². The van der Waals surface area contributed by atoms with Crippen LogP contribution < -0.4 is 5.32 Å². The Morgan fingerprint density at radius 1 is 1.16 bits per heavy atom. The van der Waals surface area contributed by atoms with Gasteiger partial charge in [0, 0.05) is 33.5 Å². The molecule has 1 atom stereocenters. The number of benzene rings is 1. The molecule has 0 radical (unpaired) electrons. The lowest BCUT2D eigenvalue weighted by molar-refractivity contribution is -0.122. The molecular formula is C23H26IN3O5. The number of esters is 1. The van der Waals surface area contributed by atoms with E-state index in [4.69, 9.17) is 9.47 Å². The molecule has 0 aliphatic carbocycles. The average molecular weight is 551 g/mol. The quantitative estimate of drug-likeness (QED) is 0.449. The predicted octanol–water partition coefficient (Wildman–Crippen LogP) is 4.34. The highest BCUT2D eigenvalue weighted by Crippen LogP contribution is 2.32. The summed E-state index contributed by atoms with van der Waals surface area (Å²) in [5.74, 6) is -0.909. The predicted molar refractivity (Wildman–Crippen MR) is 127 cm³/mol. The van der Waals surface area contributed by atoms with E-state index in [1.807, 2.05) is 12.1 Å². The van der Waals surface area contributed by atoms with Crippen LogP contribution in [0.3, 0.4) is 0 Å². The second kappa shape index (κ2) is 9.85. The van der Waals surface area contributed by atoms with Crippen LogP contribution >= 0.6 is 22.6 Å². The first kappa shape index (κ1) is 24.0. The van der Waals surface area contributed by atoms with Crippen molar-refractivity contribution in [1.29, 1.82) is 0 Å². The number of hydrogen-bond acceptors (Lipinski definition) is 6. The van der Waals surface area contributed by atoms with Gasteiger partial charge in [-0.05, 0) is 80.6 Å². The molecule has 0 spiro atoms. The molecule has 0 saturated heterocycles. The third-order valence-electron chi connectivity index (χ3n) is 4.68. The van der Waals surface area contributed by atoms with Crippen LogP contribution in [0.25, 0.3) is 0 Å². The lowest BCUT2D eigenvalue weighted by atomic mass is 9.95. The van der Waals surface area contributed by atoms with E-state index in [1.54, 1.807) is 45.9 Å². The van der Waals surface area contributed by atoms with E-state index in [9.17, 15) is 14.4 Å². The van der Waals surface area contributed by atoms with E-state index in [2.05, 4.69) is 32.9 Å². The summed E-state index contributed by atoms with van der Waals surface area (Å²) in [6, 6.07) is 9.57. The Bertz CT molecular complexity index is 1020. The highest BCUT2D eigenvalue weighted by Gasteiger charge is 2.39. The maximum Gasteiger partial charge on any atom is 0.411 e. The fourth-order valence-electron chi connectivity index (χ4n) is 3.35. The number of carbonyl (C=O) groups is 3. The molecule has 9 heteroatoms. The third kappa shape index (κ3) is 5.76. The Labute approximate surface area is 200 Å². The summed E-state index contributed by atoms with van der Waals surface area (Å²) in [4.78, 5) is 44.2. The van der Waals surface area contributed by atoms with Crippen LogP contribution in [0.4, 0.5) is 10.5 Å². The molecule has 170 valence electrons. The molecule has 1 N–H and O–H groups in total. The number of pyridine rings is 1. The zero-order valence-electron chi connectivity index (χ0n) is 18.5. The molecule has 1 aliphatic rings. The third-order valence-corrected chi connectivity index (χ3v) is 5.40. The van der Waals surface area contributed by atoms with Crippen LogP contribution in [0.15, 0.2) is 36.4 Å². The van der Waals surface area contributed by atoms with Crippen molar-refractivity contribution in [2.24, 2.45) is 0 Å². The minimum atomic E-state index is -0.948. The van der Waals surface area contributed by atoms with Crippen LogP contribution in [0.5, 0.6) is 0 Å². The fraction of sp³-hybridized carbons (Fsp3) is 0.391. The van der Waals surface area contributed by atoms with Gasteiger partial charge in [0.2, 0.25) is 0 Å². The van der Waals surface area contributed by atoms with E-state index in [-0.39, 0.29) is 24.8 Å². The number of nitrogens with one attached hydrogen (secondary N) is 1. The Kier molecular flexibility index (Phi) is 7.37. The number of fused-ring (bicyclic) bond motifs is 1. The molecule has 1 aromatic heterocycles. The molecule has 0 fully saturated rings. The second-order valence-electron chi connectivity index (χ2n) is 8.28. The Morgan fingerprint density at radius 2 is 1.84 bits per heavy atom. The van der Waals surface area contributed by atoms with Crippen molar-refractivity contribution in [1.82, 2.24) is 9.88 Å². The van der Waals surface area contributed by atoms with Crippen LogP contribution in [-0.4, -0.2) is 46.6 Å². The Morgan fingerprint density at radius 3 is 2.47 bits per heavy atom. The minimum absolute atomic E-state index is 0.174. The van der Waals surface area contributed by atoms with Gasteiger partial charge in [-0.1, -0.05) is 6.07 Å². The molecule has 2 aromatic rings. The molecule has 1 unspecified atom stereocenters. The van der Waals surface area contributed by atoms with Gasteiger partial charge >= 0.3 is 12.1 Å². The van der Waals surface area contributed by atoms with Gasteiger partial charge in [-0.15, -0.1) is 0 Å². The summed E-state index contributed by atoms with van der Waals surface area (Å²) in [5, 5.41) is 2.87. The first-order valence-electron chi connectivity index (χ1n) is 10.3. The first-order valence-corrected chi connectivity index (χ1v) is 11.4. The van der Waals surface area contributed by atoms with E-state index < -0.39 is 23.7 Å². The zero-order valence-corrected chi connectivity index (χ0v) is 20.6. The van der Waals surface area contributed by atoms with Crippen molar-refractivity contribution in [3.63, 3.8) is 0 Å². The van der Waals surface area contributed by atoms with Crippen molar-refractivity contribution in [2.75, 3.05) is 18.5 Å². The summed E-state index contributed by atoms with van der Waals surface area (Å²) in [6.45, 7) is 7.51. The van der Waals surface area contributed by atoms with Crippen LogP contribution in [0.1, 0.15) is 55.5 Å². The van der Waals surface area contributed by atoms with Crippen molar-refractivity contribution in [2.45, 2.75) is 45.8 Å². The summed E-state index contributed by atoms with van der Waals surface area (Å²) >= 11 is 2.18. The summed E-state index contributed by atoms with van der Waals surface area (Å²) in [5.41, 5.74) is 1.22. The van der Waals surface area contributed by atoms with Gasteiger partial charge in [-0.25, -0.2) is 14.6 Å². The summed E-state index contributed by atoms with van der Waals surface area (Å²) in [6.07, 6.45) is -0.199. The Balaban J connectivity index is 1.96. The van der Waals surface area contributed by atoms with Gasteiger partial charge in [0.25, 0.3) is 5.91 Å². The van der Waals surface area contributed by atoms with Gasteiger partial charge in [-0.3, -0.25) is 9.69 Å². The largest absolute Gasteiger partial charge is 0.461 e. The van der Waals surface area contributed by atoms with E-state index in [0.29, 0.717) is 23.4 Å². The highest BCUT2D eigenvalue weighted by atomic mass is 127. The fourth-order valence-corrected chi connectivity index (χ4v) is 3.71. The van der Waals surface area contributed by atoms with Crippen LogP contribution in [0, 0.1) is 3.57 Å². The molecule has 2 heterocycles. The van der Waals surface area contributed by atoms with E-state index >= 15 is 0 Å². The zero-order chi connectivity index (χ0) is 23.5. The summed E-state index contributed by atoms with van der Waals surface area (Å²) in [7, 11) is 0. The summed E-state index contributed by atoms with van der Waals surface area (Å²) < 4.78 is 11.6. The van der Waals surface area contributed by atoms with Gasteiger partial charge < -0.3 is 14.8 Å². The van der Waals surface area contributed by atoms with E-state index in [1.165, 1.54) is 11.0 Å². The topological polar surface area (TPSA) is 97.8 Å². The number of rotatable bonds is 4. The monoisotopic (exact) mass is 551 g/mol. The highest BCUT2D eigenvalue weighted by molar-refractivity contribution is 14.1. The molecule has 2 amide bonds. The normalized spacial score (nSPS) is 15.5. The molecule has 0 saturated carbocycles. The number of ether oxygens (including phenoxy) is 2. The van der Waals surface area contributed by atoms with E-state index in [0.717, 1.165) is 3.57 Å². The maximum atomic E-state index is 13.3. The number of amides is 2. The smallest absolute Gasteiger partial charge is 0.411 e. The number of nitrogens with zero attached hydrogens (tertiary/aromatic N) is 2. The molecule has 32 heavy (non-hydrogen) atoms. The number of hydrogen-bond donors (Lipinski definition) is 1. The Hall–Kier alpha value is -2.69. The van der Waals surface area contributed by atoms with Crippen LogP contribution in [0.2, 0.25) is 0 Å². The molecule has 1 aromatic carbocycles. The number of halogens is 1. The average Bonchev–Trinajstić information content (AvgIpc) is 2.73. The van der Waals surface area contributed by atoms with Gasteiger partial charge in [0.05, 0.1) is 6.61 Å². The van der Waals surface area contributed by atoms with Gasteiger partial charge in [-0.2, -0.15) is 0 Å². The number of carbonyl (C=O) groups excluding carboxylic acids is 3. The lowest BCUT2D eigenvalue weighted by Gasteiger charge is -2.36. The molecule has 0 bridgehead atoms. The minimum Gasteiger partial charge on any atom is -0.461 e. The molecule has 3 rings (SSSR count). The SMILES string of the molecule is CCOC(=O)c1ccc2c(n1)CCN(C(=O)OC(C)(C)C)C2C(=O)Nc1ccc(I)cc1.